The van der Waals surface area contributed by atoms with Crippen LogP contribution in [0.4, 0.5) is 13.2 Å². The van der Waals surface area contributed by atoms with Gasteiger partial charge in [0.25, 0.3) is 0 Å². The molecular weight excluding hydrogens is 441 g/mol. The van der Waals surface area contributed by atoms with Gasteiger partial charge in [-0.25, -0.2) is 4.79 Å². The van der Waals surface area contributed by atoms with Gasteiger partial charge in [-0.1, -0.05) is 0 Å². The molecule has 2 atom stereocenters. The van der Waals surface area contributed by atoms with Gasteiger partial charge in [0.05, 0.1) is 18.2 Å². The van der Waals surface area contributed by atoms with Gasteiger partial charge < -0.3 is 14.4 Å². The minimum atomic E-state index is -5.08. The van der Waals surface area contributed by atoms with Crippen molar-refractivity contribution in [3.8, 4) is 0 Å². The predicted molar refractivity (Wildman–Crippen MR) is 112 cm³/mol. The number of hydrogen-bond acceptors (Lipinski definition) is 5. The maximum absolute atomic E-state index is 13.3. The number of carbonyl (C=O) groups is 2. The van der Waals surface area contributed by atoms with E-state index < -0.39 is 12.1 Å². The lowest BCUT2D eigenvalue weighted by Gasteiger charge is -2.41. The highest BCUT2D eigenvalue weighted by Crippen LogP contribution is 2.49. The molecule has 0 unspecified atom stereocenters. The molecule has 2 aromatic heterocycles. The Kier molecular flexibility index (Phi) is 7.20. The van der Waals surface area contributed by atoms with Crippen LogP contribution in [0.15, 0.2) is 35.1 Å². The SMILES string of the molecule is CC(C)n1nccc1[C@@H]1CN(Cc2ccco2)C[C@]12CCCN(C)C2=O.O=C(O)C(F)(F)F. The van der Waals surface area contributed by atoms with Gasteiger partial charge in [0.15, 0.2) is 0 Å². The number of furan rings is 1. The normalized spacial score (nSPS) is 23.8. The molecule has 11 heteroatoms. The maximum Gasteiger partial charge on any atom is 0.490 e. The molecule has 33 heavy (non-hydrogen) atoms. The zero-order chi connectivity index (χ0) is 24.4. The smallest absolute Gasteiger partial charge is 0.475 e. The minimum absolute atomic E-state index is 0.164. The molecule has 182 valence electrons. The van der Waals surface area contributed by atoms with Crippen LogP contribution >= 0.6 is 0 Å². The van der Waals surface area contributed by atoms with E-state index in [4.69, 9.17) is 14.3 Å². The van der Waals surface area contributed by atoms with Crippen molar-refractivity contribution >= 4 is 11.9 Å². The first-order chi connectivity index (χ1) is 15.5. The van der Waals surface area contributed by atoms with Crippen LogP contribution < -0.4 is 0 Å². The lowest BCUT2D eigenvalue weighted by Crippen LogP contribution is -2.50. The Morgan fingerprint density at radius 1 is 1.36 bits per heavy atom. The van der Waals surface area contributed by atoms with Crippen molar-refractivity contribution in [1.82, 2.24) is 19.6 Å². The van der Waals surface area contributed by atoms with Gasteiger partial charge in [-0.05, 0) is 44.9 Å². The van der Waals surface area contributed by atoms with Crippen molar-refractivity contribution in [2.24, 2.45) is 5.41 Å². The number of alkyl halides is 3. The van der Waals surface area contributed by atoms with E-state index in [2.05, 4.69) is 34.6 Å². The molecular formula is C22H29F3N4O4. The summed E-state index contributed by atoms with van der Waals surface area (Å²) in [5.74, 6) is -1.35. The van der Waals surface area contributed by atoms with Crippen molar-refractivity contribution in [2.45, 2.75) is 51.4 Å². The number of likely N-dealkylation sites (tertiary alicyclic amines) is 2. The molecule has 1 N–H and O–H groups in total. The molecule has 4 heterocycles. The molecule has 4 rings (SSSR count). The van der Waals surface area contributed by atoms with E-state index in [1.54, 1.807) is 6.26 Å². The van der Waals surface area contributed by atoms with Crippen LogP contribution in [0.25, 0.3) is 0 Å². The first kappa shape index (κ1) is 24.8. The number of rotatable bonds is 4. The number of hydrogen-bond donors (Lipinski definition) is 1. The number of nitrogens with zero attached hydrogens (tertiary/aromatic N) is 4. The number of aliphatic carboxylic acids is 1. The maximum atomic E-state index is 13.3. The topological polar surface area (TPSA) is 91.8 Å². The zero-order valence-corrected chi connectivity index (χ0v) is 18.9. The summed E-state index contributed by atoms with van der Waals surface area (Å²) < 4.78 is 39.4. The lowest BCUT2D eigenvalue weighted by molar-refractivity contribution is -0.192. The largest absolute Gasteiger partial charge is 0.490 e. The monoisotopic (exact) mass is 470 g/mol. The van der Waals surface area contributed by atoms with Crippen molar-refractivity contribution in [1.29, 1.82) is 0 Å². The Labute approximate surface area is 189 Å². The summed E-state index contributed by atoms with van der Waals surface area (Å²) in [5.41, 5.74) is 0.831. The third kappa shape index (κ3) is 5.23. The van der Waals surface area contributed by atoms with Gasteiger partial charge in [-0.15, -0.1) is 0 Å². The molecule has 0 saturated carbocycles. The Bertz CT molecular complexity index is 957. The summed E-state index contributed by atoms with van der Waals surface area (Å²) in [6, 6.07) is 6.32. The van der Waals surface area contributed by atoms with Crippen LogP contribution in [0.3, 0.4) is 0 Å². The van der Waals surface area contributed by atoms with E-state index in [-0.39, 0.29) is 23.3 Å². The van der Waals surface area contributed by atoms with E-state index in [1.165, 1.54) is 5.69 Å². The molecule has 0 radical (unpaired) electrons. The molecule has 2 fully saturated rings. The Morgan fingerprint density at radius 2 is 2.06 bits per heavy atom. The van der Waals surface area contributed by atoms with E-state index in [9.17, 15) is 18.0 Å². The molecule has 2 saturated heterocycles. The number of carbonyl (C=O) groups excluding carboxylic acids is 1. The molecule has 2 aliphatic heterocycles. The van der Waals surface area contributed by atoms with Crippen LogP contribution in [0.2, 0.25) is 0 Å². The van der Waals surface area contributed by atoms with E-state index >= 15 is 0 Å². The number of amides is 1. The van der Waals surface area contributed by atoms with Crippen LogP contribution in [0.1, 0.15) is 50.1 Å². The number of halogens is 3. The molecule has 1 spiro atoms. The standard InChI is InChI=1S/C20H28N4O2.C2HF3O2/c1-15(2)24-18(7-9-21-24)17-13-23(12-16-6-4-11-26-16)14-20(17)8-5-10-22(3)19(20)25;3-2(4,5)1(6)7/h4,6-7,9,11,15,17H,5,8,10,12-14H2,1-3H3;(H,6,7)/t17-,20+;/m0./s1. The molecule has 0 bridgehead atoms. The summed E-state index contributed by atoms with van der Waals surface area (Å²) in [4.78, 5) is 26.5. The number of carboxylic acid groups (broad SMARTS) is 1. The fourth-order valence-electron chi connectivity index (χ4n) is 4.85. The molecule has 2 aromatic rings. The highest BCUT2D eigenvalue weighted by Gasteiger charge is 2.55. The van der Waals surface area contributed by atoms with Crippen LogP contribution in [0.5, 0.6) is 0 Å². The van der Waals surface area contributed by atoms with E-state index in [0.29, 0.717) is 0 Å². The Hall–Kier alpha value is -2.82. The first-order valence-corrected chi connectivity index (χ1v) is 10.8. The quantitative estimate of drug-likeness (QED) is 0.735. The summed E-state index contributed by atoms with van der Waals surface area (Å²) >= 11 is 0. The third-order valence-corrected chi connectivity index (χ3v) is 6.25. The molecule has 8 nitrogen and oxygen atoms in total. The van der Waals surface area contributed by atoms with E-state index in [0.717, 1.165) is 44.8 Å². The first-order valence-electron chi connectivity index (χ1n) is 10.8. The average molecular weight is 470 g/mol. The highest BCUT2D eigenvalue weighted by atomic mass is 19.4. The molecule has 1 amide bonds. The Morgan fingerprint density at radius 3 is 2.64 bits per heavy atom. The van der Waals surface area contributed by atoms with Crippen molar-refractivity contribution in [3.63, 3.8) is 0 Å². The average Bonchev–Trinajstić information content (AvgIpc) is 3.46. The second-order valence-electron chi connectivity index (χ2n) is 8.89. The summed E-state index contributed by atoms with van der Waals surface area (Å²) in [5, 5.41) is 11.7. The van der Waals surface area contributed by atoms with E-state index in [1.807, 2.05) is 30.3 Å². The predicted octanol–water partition coefficient (Wildman–Crippen LogP) is 3.53. The number of piperidine rings is 1. The van der Waals surface area contributed by atoms with Crippen LogP contribution in [-0.4, -0.2) is 69.4 Å². The number of carboxylic acids is 1. The molecule has 0 aromatic carbocycles. The van der Waals surface area contributed by atoms with Crippen LogP contribution in [-0.2, 0) is 16.1 Å². The van der Waals surface area contributed by atoms with Gasteiger partial charge in [-0.2, -0.15) is 18.3 Å². The molecule has 2 aliphatic rings. The second-order valence-corrected chi connectivity index (χ2v) is 8.89. The number of aromatic nitrogens is 2. The summed E-state index contributed by atoms with van der Waals surface area (Å²) in [6.07, 6.45) is 0.503. The summed E-state index contributed by atoms with van der Waals surface area (Å²) in [7, 11) is 1.94. The summed E-state index contributed by atoms with van der Waals surface area (Å²) in [6.45, 7) is 7.54. The van der Waals surface area contributed by atoms with Crippen molar-refractivity contribution in [3.05, 3.63) is 42.1 Å². The van der Waals surface area contributed by atoms with Gasteiger partial charge in [0.2, 0.25) is 5.91 Å². The fourth-order valence-corrected chi connectivity index (χ4v) is 4.85. The van der Waals surface area contributed by atoms with Crippen molar-refractivity contribution in [2.75, 3.05) is 26.7 Å². The zero-order valence-electron chi connectivity index (χ0n) is 18.9. The Balaban J connectivity index is 0.000000383. The molecule has 0 aliphatic carbocycles. The minimum Gasteiger partial charge on any atom is -0.475 e. The lowest BCUT2D eigenvalue weighted by atomic mass is 9.70. The fraction of sp³-hybridized carbons (Fsp3) is 0.591. The van der Waals surface area contributed by atoms with Gasteiger partial charge >= 0.3 is 12.1 Å². The van der Waals surface area contributed by atoms with Gasteiger partial charge in [-0.3, -0.25) is 14.4 Å². The van der Waals surface area contributed by atoms with Crippen molar-refractivity contribution < 1.29 is 32.3 Å². The highest BCUT2D eigenvalue weighted by molar-refractivity contribution is 5.85. The van der Waals surface area contributed by atoms with Gasteiger partial charge in [0, 0.05) is 50.5 Å². The van der Waals surface area contributed by atoms with Gasteiger partial charge in [0.1, 0.15) is 5.76 Å². The second kappa shape index (κ2) is 9.58. The third-order valence-electron chi connectivity index (χ3n) is 6.25. The van der Waals surface area contributed by atoms with Crippen LogP contribution in [0, 0.1) is 5.41 Å².